The fourth-order valence-corrected chi connectivity index (χ4v) is 5.09. The maximum atomic E-state index is 13.1. The summed E-state index contributed by atoms with van der Waals surface area (Å²) in [6, 6.07) is 11.8. The summed E-state index contributed by atoms with van der Waals surface area (Å²) < 4.78 is 78.8. The Morgan fingerprint density at radius 2 is 1.45 bits per heavy atom. The number of nitrogens with zero attached hydrogens (tertiary/aromatic N) is 2. The van der Waals surface area contributed by atoms with E-state index in [2.05, 4.69) is 9.97 Å². The fraction of sp³-hybridized carbons (Fsp3) is 0.440. The average Bonchev–Trinajstić information content (AvgIpc) is 2.71. The molecule has 1 aliphatic rings. The van der Waals surface area contributed by atoms with Crippen LogP contribution in [0.1, 0.15) is 48.3 Å². The fourth-order valence-electron chi connectivity index (χ4n) is 5.09. The van der Waals surface area contributed by atoms with Crippen molar-refractivity contribution in [1.29, 1.82) is 0 Å². The first-order chi connectivity index (χ1) is 15.4. The highest BCUT2D eigenvalue weighted by atomic mass is 19.4. The Hall–Kier alpha value is -2.64. The lowest BCUT2D eigenvalue weighted by Crippen LogP contribution is -2.43. The molecule has 0 radical (unpaired) electrons. The Kier molecular flexibility index (Phi) is 6.14. The van der Waals surface area contributed by atoms with Gasteiger partial charge in [0, 0.05) is 10.9 Å². The number of aromatic nitrogens is 2. The summed E-state index contributed by atoms with van der Waals surface area (Å²) in [6.45, 7) is 3.90. The topological polar surface area (TPSA) is 25.8 Å². The van der Waals surface area contributed by atoms with Gasteiger partial charge in [0.15, 0.2) is 5.92 Å². The van der Waals surface area contributed by atoms with Crippen LogP contribution in [0.3, 0.4) is 0 Å². The highest BCUT2D eigenvalue weighted by molar-refractivity contribution is 5.92. The van der Waals surface area contributed by atoms with E-state index in [4.69, 9.17) is 0 Å². The van der Waals surface area contributed by atoms with Gasteiger partial charge in [0.2, 0.25) is 0 Å². The van der Waals surface area contributed by atoms with Crippen molar-refractivity contribution in [3.63, 3.8) is 0 Å². The summed E-state index contributed by atoms with van der Waals surface area (Å²) in [7, 11) is 0. The van der Waals surface area contributed by atoms with Crippen LogP contribution in [-0.4, -0.2) is 22.3 Å². The molecule has 3 aromatic rings. The molecule has 1 aromatic heterocycles. The molecule has 1 fully saturated rings. The Labute approximate surface area is 188 Å². The van der Waals surface area contributed by atoms with E-state index in [0.717, 1.165) is 38.9 Å². The summed E-state index contributed by atoms with van der Waals surface area (Å²) in [5.41, 5.74) is 5.41. The molecule has 1 saturated carbocycles. The van der Waals surface area contributed by atoms with Crippen LogP contribution < -0.4 is 0 Å². The van der Waals surface area contributed by atoms with E-state index in [0.29, 0.717) is 12.8 Å². The molecule has 0 atom stereocenters. The molecular weight excluding hydrogens is 442 g/mol. The smallest absolute Gasteiger partial charge is 0.236 e. The maximum Gasteiger partial charge on any atom is 0.400 e. The number of rotatable bonds is 3. The molecule has 0 N–H and O–H groups in total. The molecule has 2 aromatic carbocycles. The molecule has 0 aliphatic heterocycles. The standard InChI is InChI=1S/C25H24F6N2/c1-14-3-8-20-21(11-14)32-13-33-22(20)19-10-15(2)9-18(12-19)16-4-6-17(7-5-16)23(24(26,27)28)25(29,30)31/h3,8-13,16-17,23H,4-7H2,1-2H3. The third kappa shape index (κ3) is 4.99. The number of benzene rings is 2. The van der Waals surface area contributed by atoms with Crippen LogP contribution >= 0.6 is 0 Å². The third-order valence-electron chi connectivity index (χ3n) is 6.59. The first kappa shape index (κ1) is 23.5. The summed E-state index contributed by atoms with van der Waals surface area (Å²) in [5.74, 6) is -4.77. The molecule has 0 unspecified atom stereocenters. The van der Waals surface area contributed by atoms with E-state index in [1.165, 1.54) is 6.33 Å². The Morgan fingerprint density at radius 3 is 2.09 bits per heavy atom. The number of alkyl halides is 6. The molecule has 0 spiro atoms. The second-order valence-electron chi connectivity index (χ2n) is 9.05. The van der Waals surface area contributed by atoms with Crippen molar-refractivity contribution in [2.24, 2.45) is 11.8 Å². The van der Waals surface area contributed by atoms with E-state index in [1.54, 1.807) is 0 Å². The lowest BCUT2D eigenvalue weighted by Gasteiger charge is -2.36. The Bertz CT molecular complexity index is 1130. The predicted octanol–water partition coefficient (Wildman–Crippen LogP) is 7.93. The highest BCUT2D eigenvalue weighted by Gasteiger charge is 2.60. The quantitative estimate of drug-likeness (QED) is 0.366. The number of hydrogen-bond donors (Lipinski definition) is 0. The monoisotopic (exact) mass is 466 g/mol. The molecule has 0 saturated heterocycles. The van der Waals surface area contributed by atoms with Gasteiger partial charge in [0.1, 0.15) is 6.33 Å². The summed E-state index contributed by atoms with van der Waals surface area (Å²) in [6.07, 6.45) is -8.68. The van der Waals surface area contributed by atoms with Gasteiger partial charge in [-0.05, 0) is 80.7 Å². The molecule has 1 heterocycles. The summed E-state index contributed by atoms with van der Waals surface area (Å²) >= 11 is 0. The molecule has 0 amide bonds. The van der Waals surface area contributed by atoms with Gasteiger partial charge < -0.3 is 0 Å². The van der Waals surface area contributed by atoms with Gasteiger partial charge in [-0.1, -0.05) is 23.8 Å². The van der Waals surface area contributed by atoms with Gasteiger partial charge in [-0.2, -0.15) is 26.3 Å². The van der Waals surface area contributed by atoms with Crippen LogP contribution in [0.15, 0.2) is 42.7 Å². The van der Waals surface area contributed by atoms with Crippen molar-refractivity contribution in [1.82, 2.24) is 9.97 Å². The second kappa shape index (κ2) is 8.61. The molecule has 176 valence electrons. The number of aryl methyl sites for hydroxylation is 2. The van der Waals surface area contributed by atoms with Crippen LogP contribution in [0.4, 0.5) is 26.3 Å². The normalized spacial score (nSPS) is 19.9. The lowest BCUT2D eigenvalue weighted by atomic mass is 9.73. The minimum absolute atomic E-state index is 0.0858. The number of fused-ring (bicyclic) bond motifs is 1. The van der Waals surface area contributed by atoms with Gasteiger partial charge >= 0.3 is 12.4 Å². The maximum absolute atomic E-state index is 13.1. The number of halogens is 6. The third-order valence-corrected chi connectivity index (χ3v) is 6.59. The Balaban J connectivity index is 1.60. The van der Waals surface area contributed by atoms with Gasteiger partial charge in [-0.15, -0.1) is 0 Å². The van der Waals surface area contributed by atoms with Crippen LogP contribution in [0.2, 0.25) is 0 Å². The largest absolute Gasteiger partial charge is 0.400 e. The predicted molar refractivity (Wildman–Crippen MR) is 115 cm³/mol. The zero-order valence-corrected chi connectivity index (χ0v) is 18.3. The van der Waals surface area contributed by atoms with Crippen LogP contribution in [0.5, 0.6) is 0 Å². The van der Waals surface area contributed by atoms with Crippen molar-refractivity contribution in [2.75, 3.05) is 0 Å². The minimum atomic E-state index is -5.28. The van der Waals surface area contributed by atoms with Gasteiger partial charge in [-0.25, -0.2) is 9.97 Å². The number of hydrogen-bond acceptors (Lipinski definition) is 2. The molecule has 4 rings (SSSR count). The van der Waals surface area contributed by atoms with E-state index >= 15 is 0 Å². The molecule has 33 heavy (non-hydrogen) atoms. The lowest BCUT2D eigenvalue weighted by molar-refractivity contribution is -0.301. The summed E-state index contributed by atoms with van der Waals surface area (Å²) in [4.78, 5) is 8.79. The van der Waals surface area contributed by atoms with Gasteiger partial charge in [0.05, 0.1) is 11.2 Å². The second-order valence-corrected chi connectivity index (χ2v) is 9.05. The summed E-state index contributed by atoms with van der Waals surface area (Å²) in [5, 5.41) is 0.890. The van der Waals surface area contributed by atoms with Gasteiger partial charge in [-0.3, -0.25) is 0 Å². The van der Waals surface area contributed by atoms with Crippen LogP contribution in [-0.2, 0) is 0 Å². The minimum Gasteiger partial charge on any atom is -0.236 e. The molecule has 0 bridgehead atoms. The SMILES string of the molecule is Cc1cc(-c2ncnc3cc(C)ccc23)cc(C2CCC(C(C(F)(F)F)C(F)(F)F)CC2)c1. The van der Waals surface area contributed by atoms with Crippen molar-refractivity contribution in [2.45, 2.75) is 57.8 Å². The van der Waals surface area contributed by atoms with Crippen molar-refractivity contribution in [3.05, 3.63) is 59.4 Å². The first-order valence-electron chi connectivity index (χ1n) is 10.9. The van der Waals surface area contributed by atoms with Crippen molar-refractivity contribution < 1.29 is 26.3 Å². The van der Waals surface area contributed by atoms with E-state index in [9.17, 15) is 26.3 Å². The van der Waals surface area contributed by atoms with E-state index < -0.39 is 24.2 Å². The molecule has 1 aliphatic carbocycles. The molecule has 2 nitrogen and oxygen atoms in total. The molecule has 8 heteroatoms. The average molecular weight is 466 g/mol. The zero-order chi connectivity index (χ0) is 24.0. The zero-order valence-electron chi connectivity index (χ0n) is 18.3. The Morgan fingerprint density at radius 1 is 0.788 bits per heavy atom. The van der Waals surface area contributed by atoms with Crippen LogP contribution in [0.25, 0.3) is 22.2 Å². The van der Waals surface area contributed by atoms with E-state index in [1.807, 2.05) is 50.2 Å². The first-order valence-corrected chi connectivity index (χ1v) is 10.9. The molecular formula is C25H24F6N2. The van der Waals surface area contributed by atoms with Crippen molar-refractivity contribution >= 4 is 10.9 Å². The highest BCUT2D eigenvalue weighted by Crippen LogP contribution is 2.50. The van der Waals surface area contributed by atoms with E-state index in [-0.39, 0.29) is 18.8 Å². The van der Waals surface area contributed by atoms with Crippen molar-refractivity contribution in [3.8, 4) is 11.3 Å². The van der Waals surface area contributed by atoms with Gasteiger partial charge in [0.25, 0.3) is 0 Å². The van der Waals surface area contributed by atoms with Crippen LogP contribution in [0, 0.1) is 25.7 Å².